The smallest absolute Gasteiger partial charge is 0.309 e. The normalized spacial score (nSPS) is 18.4. The van der Waals surface area contributed by atoms with Crippen molar-refractivity contribution in [3.8, 4) is 0 Å². The highest BCUT2D eigenvalue weighted by molar-refractivity contribution is 6.35. The lowest BCUT2D eigenvalue weighted by Crippen LogP contribution is -2.42. The number of carbonyl (C=O) groups is 2. The molecule has 0 bridgehead atoms. The fraction of sp³-hybridized carbons (Fsp3) is 0.529. The third kappa shape index (κ3) is 5.65. The molecular formula is C17H25N3O3. The van der Waals surface area contributed by atoms with E-state index in [9.17, 15) is 9.59 Å². The molecule has 0 aliphatic carbocycles. The van der Waals surface area contributed by atoms with Crippen LogP contribution in [0, 0.1) is 0 Å². The van der Waals surface area contributed by atoms with Gasteiger partial charge in [0.15, 0.2) is 0 Å². The number of amides is 2. The lowest BCUT2D eigenvalue weighted by atomic mass is 10.1. The molecule has 1 aliphatic rings. The SMILES string of the molecule is CCNC(=O)C(=O)NCCCN1CCOC(c2ccccc2)C1. The molecule has 0 radical (unpaired) electrons. The summed E-state index contributed by atoms with van der Waals surface area (Å²) in [6, 6.07) is 10.2. The summed E-state index contributed by atoms with van der Waals surface area (Å²) in [5, 5.41) is 5.12. The fourth-order valence-electron chi connectivity index (χ4n) is 2.60. The van der Waals surface area contributed by atoms with E-state index in [4.69, 9.17) is 4.74 Å². The van der Waals surface area contributed by atoms with Crippen molar-refractivity contribution in [2.24, 2.45) is 0 Å². The maximum atomic E-state index is 11.5. The quantitative estimate of drug-likeness (QED) is 0.598. The Labute approximate surface area is 137 Å². The highest BCUT2D eigenvalue weighted by Gasteiger charge is 2.21. The summed E-state index contributed by atoms with van der Waals surface area (Å²) in [6.07, 6.45) is 0.919. The molecule has 6 heteroatoms. The molecule has 0 saturated carbocycles. The molecule has 0 spiro atoms. The molecule has 1 fully saturated rings. The molecule has 6 nitrogen and oxygen atoms in total. The van der Waals surface area contributed by atoms with Crippen LogP contribution in [0.5, 0.6) is 0 Å². The Morgan fingerprint density at radius 1 is 1.22 bits per heavy atom. The zero-order valence-electron chi connectivity index (χ0n) is 13.6. The Hall–Kier alpha value is -1.92. The Bertz CT molecular complexity index is 507. The van der Waals surface area contributed by atoms with Gasteiger partial charge in [0.05, 0.1) is 12.7 Å². The number of hydrogen-bond donors (Lipinski definition) is 2. The molecule has 126 valence electrons. The van der Waals surface area contributed by atoms with E-state index in [1.807, 2.05) is 18.2 Å². The van der Waals surface area contributed by atoms with Crippen molar-refractivity contribution in [2.45, 2.75) is 19.4 Å². The van der Waals surface area contributed by atoms with E-state index in [0.717, 1.165) is 26.1 Å². The third-order valence-corrected chi connectivity index (χ3v) is 3.80. The predicted molar refractivity (Wildman–Crippen MR) is 87.9 cm³/mol. The Kier molecular flexibility index (Phi) is 7.03. The average Bonchev–Trinajstić information content (AvgIpc) is 2.60. The monoisotopic (exact) mass is 319 g/mol. The topological polar surface area (TPSA) is 70.7 Å². The standard InChI is InChI=1S/C17H25N3O3/c1-2-18-16(21)17(22)19-9-6-10-20-11-12-23-15(13-20)14-7-4-3-5-8-14/h3-5,7-8,15H,2,6,9-13H2,1H3,(H,18,21)(H,19,22). The number of nitrogens with zero attached hydrogens (tertiary/aromatic N) is 1. The van der Waals surface area contributed by atoms with Gasteiger partial charge < -0.3 is 15.4 Å². The van der Waals surface area contributed by atoms with Crippen LogP contribution < -0.4 is 10.6 Å². The summed E-state index contributed by atoms with van der Waals surface area (Å²) in [7, 11) is 0. The van der Waals surface area contributed by atoms with E-state index < -0.39 is 11.8 Å². The molecule has 0 aromatic heterocycles. The molecule has 23 heavy (non-hydrogen) atoms. The number of benzene rings is 1. The number of carbonyl (C=O) groups excluding carboxylic acids is 2. The van der Waals surface area contributed by atoms with Gasteiger partial charge in [-0.05, 0) is 18.9 Å². The van der Waals surface area contributed by atoms with Crippen molar-refractivity contribution in [2.75, 3.05) is 39.3 Å². The number of likely N-dealkylation sites (N-methyl/N-ethyl adjacent to an activating group) is 1. The van der Waals surface area contributed by atoms with Crippen molar-refractivity contribution in [1.82, 2.24) is 15.5 Å². The number of hydrogen-bond acceptors (Lipinski definition) is 4. The summed E-state index contributed by atoms with van der Waals surface area (Å²) in [5.74, 6) is -1.13. The van der Waals surface area contributed by atoms with Gasteiger partial charge in [0.2, 0.25) is 0 Å². The van der Waals surface area contributed by atoms with E-state index in [-0.39, 0.29) is 6.10 Å². The first kappa shape index (κ1) is 17.4. The molecule has 2 N–H and O–H groups in total. The fourth-order valence-corrected chi connectivity index (χ4v) is 2.60. The molecule has 2 amide bonds. The van der Waals surface area contributed by atoms with E-state index >= 15 is 0 Å². The van der Waals surface area contributed by atoms with E-state index in [2.05, 4.69) is 27.7 Å². The van der Waals surface area contributed by atoms with Gasteiger partial charge in [-0.1, -0.05) is 30.3 Å². The second-order valence-corrected chi connectivity index (χ2v) is 5.54. The second-order valence-electron chi connectivity index (χ2n) is 5.54. The van der Waals surface area contributed by atoms with Crippen molar-refractivity contribution < 1.29 is 14.3 Å². The summed E-state index contributed by atoms with van der Waals surface area (Å²) in [5.41, 5.74) is 1.20. The van der Waals surface area contributed by atoms with Crippen LogP contribution in [0.25, 0.3) is 0 Å². The predicted octanol–water partition coefficient (Wildman–Crippen LogP) is 0.702. The number of ether oxygens (including phenoxy) is 1. The molecule has 1 atom stereocenters. The van der Waals surface area contributed by atoms with E-state index in [1.54, 1.807) is 6.92 Å². The Morgan fingerprint density at radius 3 is 2.70 bits per heavy atom. The largest absolute Gasteiger partial charge is 0.371 e. The minimum absolute atomic E-state index is 0.106. The van der Waals surface area contributed by atoms with Crippen molar-refractivity contribution >= 4 is 11.8 Å². The molecule has 1 unspecified atom stereocenters. The van der Waals surface area contributed by atoms with Crippen LogP contribution in [-0.4, -0.2) is 56.0 Å². The van der Waals surface area contributed by atoms with Crippen LogP contribution in [-0.2, 0) is 14.3 Å². The van der Waals surface area contributed by atoms with Gasteiger partial charge in [-0.2, -0.15) is 0 Å². The Balaban J connectivity index is 1.68. The summed E-state index contributed by atoms with van der Waals surface area (Å²) in [6.45, 7) is 6.09. The van der Waals surface area contributed by atoms with Crippen molar-refractivity contribution in [1.29, 1.82) is 0 Å². The number of nitrogens with one attached hydrogen (secondary N) is 2. The minimum Gasteiger partial charge on any atom is -0.371 e. The van der Waals surface area contributed by atoms with Crippen molar-refractivity contribution in [3.05, 3.63) is 35.9 Å². The molecular weight excluding hydrogens is 294 g/mol. The second kappa shape index (κ2) is 9.27. The van der Waals surface area contributed by atoms with E-state index in [0.29, 0.717) is 19.7 Å². The molecule has 1 aromatic rings. The van der Waals surface area contributed by atoms with Crippen LogP contribution in [0.15, 0.2) is 30.3 Å². The maximum absolute atomic E-state index is 11.5. The number of morpholine rings is 1. The highest BCUT2D eigenvalue weighted by atomic mass is 16.5. The van der Waals surface area contributed by atoms with Crippen LogP contribution in [0.2, 0.25) is 0 Å². The summed E-state index contributed by atoms with van der Waals surface area (Å²) < 4.78 is 5.83. The summed E-state index contributed by atoms with van der Waals surface area (Å²) in [4.78, 5) is 25.1. The molecule has 1 saturated heterocycles. The van der Waals surface area contributed by atoms with E-state index in [1.165, 1.54) is 5.56 Å². The van der Waals surface area contributed by atoms with Gasteiger partial charge in [-0.15, -0.1) is 0 Å². The third-order valence-electron chi connectivity index (χ3n) is 3.80. The van der Waals surface area contributed by atoms with Gasteiger partial charge in [0.25, 0.3) is 0 Å². The summed E-state index contributed by atoms with van der Waals surface area (Å²) >= 11 is 0. The molecule has 1 aliphatic heterocycles. The van der Waals surface area contributed by atoms with Gasteiger partial charge in [-0.3, -0.25) is 14.5 Å². The molecule has 1 heterocycles. The average molecular weight is 319 g/mol. The zero-order chi connectivity index (χ0) is 16.5. The molecule has 2 rings (SSSR count). The van der Waals surface area contributed by atoms with Crippen LogP contribution in [0.3, 0.4) is 0 Å². The Morgan fingerprint density at radius 2 is 1.96 bits per heavy atom. The zero-order valence-corrected chi connectivity index (χ0v) is 13.6. The van der Waals surface area contributed by atoms with Gasteiger partial charge in [0.1, 0.15) is 0 Å². The van der Waals surface area contributed by atoms with Gasteiger partial charge >= 0.3 is 11.8 Å². The lowest BCUT2D eigenvalue weighted by molar-refractivity contribution is -0.139. The maximum Gasteiger partial charge on any atom is 0.309 e. The van der Waals surface area contributed by atoms with Crippen molar-refractivity contribution in [3.63, 3.8) is 0 Å². The van der Waals surface area contributed by atoms with Crippen LogP contribution >= 0.6 is 0 Å². The van der Waals surface area contributed by atoms with Gasteiger partial charge in [0, 0.05) is 32.7 Å². The lowest BCUT2D eigenvalue weighted by Gasteiger charge is -2.33. The first-order valence-corrected chi connectivity index (χ1v) is 8.15. The first-order chi connectivity index (χ1) is 11.2. The highest BCUT2D eigenvalue weighted by Crippen LogP contribution is 2.21. The molecule has 1 aromatic carbocycles. The van der Waals surface area contributed by atoms with Crippen LogP contribution in [0.1, 0.15) is 25.0 Å². The van der Waals surface area contributed by atoms with Gasteiger partial charge in [-0.25, -0.2) is 0 Å². The van der Waals surface area contributed by atoms with Crippen LogP contribution in [0.4, 0.5) is 0 Å². The first-order valence-electron chi connectivity index (χ1n) is 8.15. The minimum atomic E-state index is -0.567. The number of rotatable bonds is 6.